The zero-order valence-corrected chi connectivity index (χ0v) is 11.3. The molecule has 1 amide bonds. The minimum atomic E-state index is -0.351. The molecule has 0 fully saturated rings. The maximum Gasteiger partial charge on any atom is 0.255 e. The van der Waals surface area contributed by atoms with Crippen molar-refractivity contribution >= 4 is 27.5 Å². The van der Waals surface area contributed by atoms with Gasteiger partial charge in [-0.3, -0.25) is 4.79 Å². The molecule has 0 heterocycles. The van der Waals surface area contributed by atoms with Crippen LogP contribution in [0.4, 0.5) is 10.1 Å². The van der Waals surface area contributed by atoms with Crippen molar-refractivity contribution in [2.75, 3.05) is 5.32 Å². The molecule has 2 aromatic rings. The van der Waals surface area contributed by atoms with Gasteiger partial charge in [-0.05, 0) is 53.2 Å². The number of nitrogens with one attached hydrogen (secondary N) is 1. The Morgan fingerprint density at radius 1 is 1.22 bits per heavy atom. The molecule has 2 aromatic carbocycles. The number of amides is 1. The number of hydrogen-bond donors (Lipinski definition) is 1. The third-order valence-corrected chi connectivity index (χ3v) is 3.12. The van der Waals surface area contributed by atoms with Crippen molar-refractivity contribution in [1.82, 2.24) is 0 Å². The van der Waals surface area contributed by atoms with E-state index in [0.29, 0.717) is 15.7 Å². The first kappa shape index (κ1) is 12.8. The highest BCUT2D eigenvalue weighted by Crippen LogP contribution is 2.23. The van der Waals surface area contributed by atoms with Gasteiger partial charge in [-0.2, -0.15) is 0 Å². The summed E-state index contributed by atoms with van der Waals surface area (Å²) in [6.07, 6.45) is 0. The summed E-state index contributed by atoms with van der Waals surface area (Å²) in [5.41, 5.74) is 2.13. The lowest BCUT2D eigenvalue weighted by atomic mass is 10.1. The molecule has 0 radical (unpaired) electrons. The Kier molecular flexibility index (Phi) is 3.77. The van der Waals surface area contributed by atoms with E-state index in [1.165, 1.54) is 18.2 Å². The molecule has 92 valence electrons. The molecule has 18 heavy (non-hydrogen) atoms. The van der Waals surface area contributed by atoms with Crippen LogP contribution in [0.25, 0.3) is 0 Å². The molecule has 0 saturated carbocycles. The van der Waals surface area contributed by atoms with Crippen LogP contribution in [0, 0.1) is 12.7 Å². The van der Waals surface area contributed by atoms with Crippen molar-refractivity contribution in [3.63, 3.8) is 0 Å². The van der Waals surface area contributed by atoms with E-state index in [4.69, 9.17) is 0 Å². The van der Waals surface area contributed by atoms with Crippen LogP contribution in [-0.4, -0.2) is 5.91 Å². The number of anilines is 1. The average Bonchev–Trinajstić information content (AvgIpc) is 2.32. The molecule has 0 saturated heterocycles. The summed E-state index contributed by atoms with van der Waals surface area (Å²) in [7, 11) is 0. The van der Waals surface area contributed by atoms with Crippen LogP contribution in [0.5, 0.6) is 0 Å². The molecule has 0 unspecified atom stereocenters. The second kappa shape index (κ2) is 5.31. The minimum Gasteiger partial charge on any atom is -0.321 e. The molecule has 0 aromatic heterocycles. The Hall–Kier alpha value is -1.68. The van der Waals surface area contributed by atoms with Gasteiger partial charge in [-0.25, -0.2) is 4.39 Å². The summed E-state index contributed by atoms with van der Waals surface area (Å²) in [6.45, 7) is 1.92. The lowest BCUT2D eigenvalue weighted by molar-refractivity contribution is 0.102. The van der Waals surface area contributed by atoms with E-state index in [2.05, 4.69) is 21.2 Å². The second-order valence-corrected chi connectivity index (χ2v) is 4.80. The quantitative estimate of drug-likeness (QED) is 0.887. The number of carbonyl (C=O) groups is 1. The summed E-state index contributed by atoms with van der Waals surface area (Å²) in [5.74, 6) is -0.568. The van der Waals surface area contributed by atoms with Crippen LogP contribution < -0.4 is 5.32 Å². The first-order chi connectivity index (χ1) is 8.56. The molecule has 0 bridgehead atoms. The topological polar surface area (TPSA) is 29.1 Å². The van der Waals surface area contributed by atoms with Gasteiger partial charge < -0.3 is 5.32 Å². The summed E-state index contributed by atoms with van der Waals surface area (Å²) < 4.78 is 13.4. The van der Waals surface area contributed by atoms with Crippen LogP contribution in [-0.2, 0) is 0 Å². The first-order valence-electron chi connectivity index (χ1n) is 5.39. The predicted octanol–water partition coefficient (Wildman–Crippen LogP) is 4.15. The molecule has 0 aliphatic rings. The van der Waals surface area contributed by atoms with Gasteiger partial charge in [-0.1, -0.05) is 17.7 Å². The molecule has 4 heteroatoms. The largest absolute Gasteiger partial charge is 0.321 e. The average molecular weight is 308 g/mol. The van der Waals surface area contributed by atoms with Crippen LogP contribution in [0.2, 0.25) is 0 Å². The molecule has 0 aliphatic heterocycles. The second-order valence-electron chi connectivity index (χ2n) is 3.95. The van der Waals surface area contributed by atoms with Gasteiger partial charge in [0.05, 0.1) is 5.69 Å². The van der Waals surface area contributed by atoms with Crippen LogP contribution in [0.1, 0.15) is 15.9 Å². The van der Waals surface area contributed by atoms with Gasteiger partial charge in [0.25, 0.3) is 5.91 Å². The van der Waals surface area contributed by atoms with Gasteiger partial charge in [0.1, 0.15) is 5.82 Å². The highest BCUT2D eigenvalue weighted by atomic mass is 79.9. The number of rotatable bonds is 2. The van der Waals surface area contributed by atoms with E-state index in [-0.39, 0.29) is 11.7 Å². The smallest absolute Gasteiger partial charge is 0.255 e. The van der Waals surface area contributed by atoms with Gasteiger partial charge in [0, 0.05) is 10.0 Å². The molecule has 2 rings (SSSR count). The summed E-state index contributed by atoms with van der Waals surface area (Å²) in [5, 5.41) is 2.73. The molecule has 2 nitrogen and oxygen atoms in total. The third-order valence-electron chi connectivity index (χ3n) is 2.46. The maximum atomic E-state index is 12.9. The number of aryl methyl sites for hydroxylation is 1. The third kappa shape index (κ3) is 2.96. The van der Waals surface area contributed by atoms with E-state index in [9.17, 15) is 9.18 Å². The Morgan fingerprint density at radius 2 is 2.00 bits per heavy atom. The number of halogens is 2. The fourth-order valence-electron chi connectivity index (χ4n) is 1.57. The number of carbonyl (C=O) groups excluding carboxylic acids is 1. The zero-order chi connectivity index (χ0) is 13.1. The summed E-state index contributed by atoms with van der Waals surface area (Å²) in [4.78, 5) is 12.0. The zero-order valence-electron chi connectivity index (χ0n) is 9.71. The first-order valence-corrected chi connectivity index (χ1v) is 6.18. The SMILES string of the molecule is Cc1cccc(C(=O)Nc2ccc(F)cc2Br)c1. The predicted molar refractivity (Wildman–Crippen MR) is 73.2 cm³/mol. The van der Waals surface area contributed by atoms with E-state index < -0.39 is 0 Å². The van der Waals surface area contributed by atoms with Gasteiger partial charge in [0.2, 0.25) is 0 Å². The van der Waals surface area contributed by atoms with E-state index in [1.54, 1.807) is 12.1 Å². The summed E-state index contributed by atoms with van der Waals surface area (Å²) in [6, 6.07) is 11.4. The van der Waals surface area contributed by atoms with Crippen LogP contribution >= 0.6 is 15.9 Å². The van der Waals surface area contributed by atoms with Crippen molar-refractivity contribution < 1.29 is 9.18 Å². The number of benzene rings is 2. The highest BCUT2D eigenvalue weighted by Gasteiger charge is 2.08. The lowest BCUT2D eigenvalue weighted by Crippen LogP contribution is -2.12. The molecule has 0 aliphatic carbocycles. The van der Waals surface area contributed by atoms with Crippen molar-refractivity contribution in [2.24, 2.45) is 0 Å². The molecular weight excluding hydrogens is 297 g/mol. The minimum absolute atomic E-state index is 0.217. The standard InChI is InChI=1S/C14H11BrFNO/c1-9-3-2-4-10(7-9)14(18)17-13-6-5-11(16)8-12(13)15/h2-8H,1H3,(H,17,18). The van der Waals surface area contributed by atoms with Crippen molar-refractivity contribution in [2.45, 2.75) is 6.92 Å². The highest BCUT2D eigenvalue weighted by molar-refractivity contribution is 9.10. The lowest BCUT2D eigenvalue weighted by Gasteiger charge is -2.07. The molecule has 1 N–H and O–H groups in total. The number of hydrogen-bond acceptors (Lipinski definition) is 1. The Balaban J connectivity index is 2.21. The molecule has 0 atom stereocenters. The van der Waals surface area contributed by atoms with E-state index in [1.807, 2.05) is 19.1 Å². The Bertz CT molecular complexity index is 598. The maximum absolute atomic E-state index is 12.9. The van der Waals surface area contributed by atoms with Crippen LogP contribution in [0.3, 0.4) is 0 Å². The Labute approximate surface area is 113 Å². The van der Waals surface area contributed by atoms with Gasteiger partial charge in [0.15, 0.2) is 0 Å². The molecule has 0 spiro atoms. The van der Waals surface area contributed by atoms with E-state index >= 15 is 0 Å². The van der Waals surface area contributed by atoms with Crippen LogP contribution in [0.15, 0.2) is 46.9 Å². The fourth-order valence-corrected chi connectivity index (χ4v) is 2.02. The molecular formula is C14H11BrFNO. The van der Waals surface area contributed by atoms with Gasteiger partial charge >= 0.3 is 0 Å². The van der Waals surface area contributed by atoms with Gasteiger partial charge in [-0.15, -0.1) is 0 Å². The van der Waals surface area contributed by atoms with Crippen molar-refractivity contribution in [1.29, 1.82) is 0 Å². The van der Waals surface area contributed by atoms with Crippen molar-refractivity contribution in [3.8, 4) is 0 Å². The van der Waals surface area contributed by atoms with Crippen molar-refractivity contribution in [3.05, 3.63) is 63.9 Å². The van der Waals surface area contributed by atoms with E-state index in [0.717, 1.165) is 5.56 Å². The fraction of sp³-hybridized carbons (Fsp3) is 0.0714. The normalized spacial score (nSPS) is 10.2. The Morgan fingerprint density at radius 3 is 2.67 bits per heavy atom. The monoisotopic (exact) mass is 307 g/mol. The summed E-state index contributed by atoms with van der Waals surface area (Å²) >= 11 is 3.21.